The fraction of sp³-hybridized carbons (Fsp3) is 0.391. The summed E-state index contributed by atoms with van der Waals surface area (Å²) in [4.78, 5) is 12.5. The van der Waals surface area contributed by atoms with Crippen molar-refractivity contribution >= 4 is 39.7 Å². The molecule has 152 valence electrons. The van der Waals surface area contributed by atoms with Gasteiger partial charge in [-0.05, 0) is 81.6 Å². The number of fused-ring (bicyclic) bond motifs is 1. The molecule has 4 rings (SSSR count). The normalized spacial score (nSPS) is 25.5. The Bertz CT molecular complexity index is 931. The molecule has 6 heteroatoms. The van der Waals surface area contributed by atoms with Crippen LogP contribution in [0.4, 0.5) is 0 Å². The van der Waals surface area contributed by atoms with E-state index < -0.39 is 0 Å². The van der Waals surface area contributed by atoms with Crippen LogP contribution in [0.5, 0.6) is 5.75 Å². The fourth-order valence-electron chi connectivity index (χ4n) is 4.55. The Hall–Kier alpha value is -1.85. The molecule has 2 aromatic rings. The van der Waals surface area contributed by atoms with Gasteiger partial charge in [0.15, 0.2) is 0 Å². The Morgan fingerprint density at radius 1 is 1.31 bits per heavy atom. The van der Waals surface area contributed by atoms with Crippen molar-refractivity contribution in [3.8, 4) is 5.75 Å². The molecule has 1 amide bonds. The van der Waals surface area contributed by atoms with Gasteiger partial charge in [-0.2, -0.15) is 5.10 Å². The molecule has 0 heterocycles. The van der Waals surface area contributed by atoms with Crippen LogP contribution in [0, 0.1) is 17.3 Å². The molecule has 3 atom stereocenters. The molecule has 29 heavy (non-hydrogen) atoms. The third-order valence-electron chi connectivity index (χ3n) is 6.27. The molecular formula is C23H24BrClN2O2. The first-order valence-corrected chi connectivity index (χ1v) is 11.1. The van der Waals surface area contributed by atoms with E-state index in [0.29, 0.717) is 17.5 Å². The third-order valence-corrected chi connectivity index (χ3v) is 7.14. The lowest BCUT2D eigenvalue weighted by molar-refractivity contribution is -0.123. The van der Waals surface area contributed by atoms with Crippen molar-refractivity contribution in [1.29, 1.82) is 0 Å². The molecule has 2 saturated carbocycles. The van der Waals surface area contributed by atoms with Crippen molar-refractivity contribution < 1.29 is 9.53 Å². The lowest BCUT2D eigenvalue weighted by atomic mass is 9.90. The molecule has 2 aliphatic rings. The summed E-state index contributed by atoms with van der Waals surface area (Å²) in [5.41, 5.74) is 4.86. The first kappa shape index (κ1) is 20.4. The van der Waals surface area contributed by atoms with Crippen LogP contribution in [0.1, 0.15) is 43.7 Å². The van der Waals surface area contributed by atoms with E-state index in [1.165, 1.54) is 19.3 Å². The van der Waals surface area contributed by atoms with E-state index in [-0.39, 0.29) is 17.2 Å². The Balaban J connectivity index is 1.31. The minimum Gasteiger partial charge on any atom is -0.488 e. The van der Waals surface area contributed by atoms with Gasteiger partial charge in [0.2, 0.25) is 5.91 Å². The molecule has 2 aliphatic carbocycles. The summed E-state index contributed by atoms with van der Waals surface area (Å²) >= 11 is 9.44. The highest BCUT2D eigenvalue weighted by molar-refractivity contribution is 9.10. The van der Waals surface area contributed by atoms with Crippen LogP contribution in [0.25, 0.3) is 0 Å². The van der Waals surface area contributed by atoms with Crippen molar-refractivity contribution in [2.24, 2.45) is 22.4 Å². The van der Waals surface area contributed by atoms with Gasteiger partial charge in [-0.15, -0.1) is 0 Å². The Morgan fingerprint density at radius 2 is 2.10 bits per heavy atom. The molecule has 1 N–H and O–H groups in total. The quantitative estimate of drug-likeness (QED) is 0.414. The molecule has 4 nitrogen and oxygen atoms in total. The average molecular weight is 476 g/mol. The van der Waals surface area contributed by atoms with Gasteiger partial charge in [-0.3, -0.25) is 4.79 Å². The van der Waals surface area contributed by atoms with E-state index in [1.54, 1.807) is 6.21 Å². The first-order valence-electron chi connectivity index (χ1n) is 9.97. The minimum atomic E-state index is 0.0534. The Labute approximate surface area is 184 Å². The summed E-state index contributed by atoms with van der Waals surface area (Å²) in [6.45, 7) is 2.70. The third kappa shape index (κ3) is 4.51. The lowest BCUT2D eigenvalue weighted by Gasteiger charge is -2.15. The van der Waals surface area contributed by atoms with Crippen LogP contribution >= 0.6 is 27.5 Å². The van der Waals surface area contributed by atoms with Gasteiger partial charge in [0.25, 0.3) is 0 Å². The topological polar surface area (TPSA) is 50.7 Å². The summed E-state index contributed by atoms with van der Waals surface area (Å²) in [5.74, 6) is 1.46. The molecule has 0 unspecified atom stereocenters. The van der Waals surface area contributed by atoms with Crippen LogP contribution in [0.2, 0.25) is 5.02 Å². The minimum absolute atomic E-state index is 0.0534. The van der Waals surface area contributed by atoms with Crippen molar-refractivity contribution in [3.05, 3.63) is 63.1 Å². The van der Waals surface area contributed by atoms with E-state index in [4.69, 9.17) is 16.3 Å². The van der Waals surface area contributed by atoms with E-state index >= 15 is 0 Å². The summed E-state index contributed by atoms with van der Waals surface area (Å²) in [6, 6.07) is 13.3. The predicted octanol–water partition coefficient (Wildman–Crippen LogP) is 5.96. The number of hydrazone groups is 1. The van der Waals surface area contributed by atoms with Crippen molar-refractivity contribution in [2.75, 3.05) is 0 Å². The molecule has 0 radical (unpaired) electrons. The van der Waals surface area contributed by atoms with Crippen molar-refractivity contribution in [3.63, 3.8) is 0 Å². The van der Waals surface area contributed by atoms with E-state index in [0.717, 1.165) is 27.8 Å². The molecular weight excluding hydrogens is 452 g/mol. The van der Waals surface area contributed by atoms with Crippen LogP contribution in [0.15, 0.2) is 52.0 Å². The number of halogens is 2. The van der Waals surface area contributed by atoms with Gasteiger partial charge in [-0.25, -0.2) is 5.43 Å². The van der Waals surface area contributed by atoms with Gasteiger partial charge in [0.05, 0.1) is 10.7 Å². The molecule has 2 fully saturated rings. The molecule has 0 saturated heterocycles. The number of amides is 1. The number of nitrogens with one attached hydrogen (secondary N) is 1. The molecule has 0 aliphatic heterocycles. The Morgan fingerprint density at radius 3 is 2.79 bits per heavy atom. The van der Waals surface area contributed by atoms with Crippen molar-refractivity contribution in [1.82, 2.24) is 5.43 Å². The highest BCUT2D eigenvalue weighted by Gasteiger charge is 2.64. The summed E-state index contributed by atoms with van der Waals surface area (Å²) < 4.78 is 6.70. The average Bonchev–Trinajstić information content (AvgIpc) is 3.34. The monoisotopic (exact) mass is 474 g/mol. The van der Waals surface area contributed by atoms with Gasteiger partial charge < -0.3 is 4.74 Å². The number of nitrogens with zero attached hydrogens (tertiary/aromatic N) is 1. The van der Waals surface area contributed by atoms with Gasteiger partial charge in [0, 0.05) is 10.9 Å². The molecule has 0 spiro atoms. The number of hydrogen-bond acceptors (Lipinski definition) is 3. The van der Waals surface area contributed by atoms with E-state index in [9.17, 15) is 4.79 Å². The largest absolute Gasteiger partial charge is 0.488 e. The molecule has 0 bridgehead atoms. The van der Waals surface area contributed by atoms with Crippen LogP contribution < -0.4 is 10.2 Å². The number of hydrogen-bond donors (Lipinski definition) is 1. The second-order valence-corrected chi connectivity index (χ2v) is 9.47. The zero-order valence-electron chi connectivity index (χ0n) is 16.3. The van der Waals surface area contributed by atoms with Gasteiger partial charge in [-0.1, -0.05) is 43.5 Å². The highest BCUT2D eigenvalue weighted by Crippen LogP contribution is 2.66. The van der Waals surface area contributed by atoms with E-state index in [2.05, 4.69) is 33.4 Å². The number of benzene rings is 2. The van der Waals surface area contributed by atoms with Crippen LogP contribution in [0.3, 0.4) is 0 Å². The molecule has 2 aromatic carbocycles. The predicted molar refractivity (Wildman–Crippen MR) is 119 cm³/mol. The van der Waals surface area contributed by atoms with Crippen molar-refractivity contribution in [2.45, 2.75) is 39.2 Å². The maximum Gasteiger partial charge on any atom is 0.244 e. The smallest absolute Gasteiger partial charge is 0.244 e. The SMILES string of the molecule is C[C@]12CCCC[C@H]1[C@H]2C(=O)N/N=C\c1ccc(OCc2ccc(Cl)cc2)c(Br)c1. The summed E-state index contributed by atoms with van der Waals surface area (Å²) in [6.07, 6.45) is 6.47. The zero-order chi connectivity index (χ0) is 20.4. The first-order chi connectivity index (χ1) is 14.0. The maximum atomic E-state index is 12.5. The van der Waals surface area contributed by atoms with Gasteiger partial charge >= 0.3 is 0 Å². The number of ether oxygens (including phenoxy) is 1. The highest BCUT2D eigenvalue weighted by atomic mass is 79.9. The standard InChI is InChI=1S/C23H24BrClN2O2/c1-23-11-3-2-4-18(23)21(23)22(28)27-26-13-16-7-10-20(19(24)12-16)29-14-15-5-8-17(25)9-6-15/h5-10,12-13,18,21H,2-4,11,14H2,1H3,(H,27,28)/b26-13-/t18-,21-,23-/m0/s1. The second kappa shape index (κ2) is 8.49. The van der Waals surface area contributed by atoms with Gasteiger partial charge in [0.1, 0.15) is 12.4 Å². The van der Waals surface area contributed by atoms with Crippen LogP contribution in [-0.4, -0.2) is 12.1 Å². The molecule has 0 aromatic heterocycles. The number of carbonyl (C=O) groups is 1. The number of rotatable bonds is 6. The zero-order valence-corrected chi connectivity index (χ0v) is 18.7. The summed E-state index contributed by atoms with van der Waals surface area (Å²) in [5, 5.41) is 4.87. The fourth-order valence-corrected chi connectivity index (χ4v) is 5.18. The van der Waals surface area contributed by atoms with Crippen LogP contribution in [-0.2, 0) is 11.4 Å². The lowest BCUT2D eigenvalue weighted by Crippen LogP contribution is -2.22. The second-order valence-electron chi connectivity index (χ2n) is 8.18. The number of carbonyl (C=O) groups excluding carboxylic acids is 1. The Kier molecular flexibility index (Phi) is 5.98. The maximum absolute atomic E-state index is 12.5. The van der Waals surface area contributed by atoms with E-state index in [1.807, 2.05) is 42.5 Å². The summed E-state index contributed by atoms with van der Waals surface area (Å²) in [7, 11) is 0.